The van der Waals surface area contributed by atoms with Crippen molar-refractivity contribution in [2.75, 3.05) is 38.2 Å². The summed E-state index contributed by atoms with van der Waals surface area (Å²) < 4.78 is 37.5. The highest BCUT2D eigenvalue weighted by atomic mass is 32.2. The Balaban J connectivity index is 1.91. The molecular weight excluding hydrogens is 368 g/mol. The third kappa shape index (κ3) is 6.67. The zero-order valence-corrected chi connectivity index (χ0v) is 16.2. The van der Waals surface area contributed by atoms with Crippen LogP contribution >= 0.6 is 0 Å². The highest BCUT2D eigenvalue weighted by Gasteiger charge is 2.15. The van der Waals surface area contributed by atoms with Crippen LogP contribution in [0.2, 0.25) is 0 Å². The summed E-state index contributed by atoms with van der Waals surface area (Å²) in [7, 11) is -2.12. The molecule has 0 fully saturated rings. The second-order valence-electron chi connectivity index (χ2n) is 5.86. The molecule has 0 saturated heterocycles. The summed E-state index contributed by atoms with van der Waals surface area (Å²) in [4.78, 5) is 12.1. The Kier molecular flexibility index (Phi) is 7.78. The second-order valence-corrected chi connectivity index (χ2v) is 7.54. The Hall–Kier alpha value is -2.42. The molecule has 0 aliphatic carbocycles. The third-order valence-corrected chi connectivity index (χ3v) is 5.09. The fourth-order valence-electron chi connectivity index (χ4n) is 2.20. The van der Waals surface area contributed by atoms with Gasteiger partial charge in [-0.25, -0.2) is 8.42 Å². The summed E-state index contributed by atoms with van der Waals surface area (Å²) in [6, 6.07) is 12.8. The van der Waals surface area contributed by atoms with E-state index in [4.69, 9.17) is 9.47 Å². The first-order valence-corrected chi connectivity index (χ1v) is 9.95. The van der Waals surface area contributed by atoms with E-state index in [1.54, 1.807) is 19.2 Å². The highest BCUT2D eigenvalue weighted by Crippen LogP contribution is 2.17. The van der Waals surface area contributed by atoms with E-state index in [-0.39, 0.29) is 10.8 Å². The zero-order valence-electron chi connectivity index (χ0n) is 15.4. The van der Waals surface area contributed by atoms with E-state index in [0.717, 1.165) is 5.56 Å². The lowest BCUT2D eigenvalue weighted by molar-refractivity contribution is 0.0692. The molecule has 0 saturated carbocycles. The Bertz CT molecular complexity index is 833. The van der Waals surface area contributed by atoms with Crippen molar-refractivity contribution in [3.63, 3.8) is 0 Å². The van der Waals surface area contributed by atoms with Gasteiger partial charge in [-0.15, -0.1) is 0 Å². The number of anilines is 1. The van der Waals surface area contributed by atoms with Crippen LogP contribution in [0.1, 0.15) is 15.9 Å². The molecule has 0 atom stereocenters. The summed E-state index contributed by atoms with van der Waals surface area (Å²) in [5, 5.41) is 2.71. The molecule has 0 aliphatic heterocycles. The quantitative estimate of drug-likeness (QED) is 0.605. The first-order valence-electron chi connectivity index (χ1n) is 8.47. The predicted octanol–water partition coefficient (Wildman–Crippen LogP) is 2.19. The summed E-state index contributed by atoms with van der Waals surface area (Å²) in [5.41, 5.74) is 1.90. The van der Waals surface area contributed by atoms with Crippen LogP contribution in [0, 0.1) is 6.92 Å². The van der Waals surface area contributed by atoms with Gasteiger partial charge in [0.05, 0.1) is 24.7 Å². The first kappa shape index (κ1) is 20.9. The van der Waals surface area contributed by atoms with Crippen molar-refractivity contribution in [2.24, 2.45) is 0 Å². The number of sulfonamides is 1. The van der Waals surface area contributed by atoms with Crippen molar-refractivity contribution < 1.29 is 22.7 Å². The van der Waals surface area contributed by atoms with Crippen LogP contribution < -0.4 is 10.0 Å². The van der Waals surface area contributed by atoms with Gasteiger partial charge in [0, 0.05) is 24.9 Å². The number of amides is 1. The van der Waals surface area contributed by atoms with Gasteiger partial charge in [0.25, 0.3) is 15.9 Å². The average Bonchev–Trinajstić information content (AvgIpc) is 2.66. The molecule has 0 spiro atoms. The van der Waals surface area contributed by atoms with Crippen LogP contribution in [-0.2, 0) is 19.5 Å². The average molecular weight is 392 g/mol. The van der Waals surface area contributed by atoms with Gasteiger partial charge in [0.15, 0.2) is 0 Å². The highest BCUT2D eigenvalue weighted by molar-refractivity contribution is 7.92. The number of rotatable bonds is 10. The molecule has 0 unspecified atom stereocenters. The Labute approximate surface area is 159 Å². The molecule has 0 radical (unpaired) electrons. The van der Waals surface area contributed by atoms with E-state index in [2.05, 4.69) is 10.0 Å². The number of aryl methyl sites for hydroxylation is 1. The Morgan fingerprint density at radius 3 is 2.26 bits per heavy atom. The molecule has 0 aromatic heterocycles. The van der Waals surface area contributed by atoms with Crippen LogP contribution in [-0.4, -0.2) is 47.8 Å². The standard InChI is InChI=1S/C19H24N2O5S/c1-15-3-7-17(8-4-15)21-27(23,24)18-9-5-16(6-10-18)19(22)20-11-12-26-14-13-25-2/h3-10,21H,11-14H2,1-2H3,(H,20,22). The van der Waals surface area contributed by atoms with Gasteiger partial charge in [-0.3, -0.25) is 9.52 Å². The minimum Gasteiger partial charge on any atom is -0.382 e. The molecule has 27 heavy (non-hydrogen) atoms. The summed E-state index contributed by atoms with van der Waals surface area (Å²) >= 11 is 0. The molecule has 0 heterocycles. The van der Waals surface area contributed by atoms with Gasteiger partial charge in [0.1, 0.15) is 0 Å². The number of ether oxygens (including phenoxy) is 2. The number of hydrogen-bond acceptors (Lipinski definition) is 5. The smallest absolute Gasteiger partial charge is 0.261 e. The lowest BCUT2D eigenvalue weighted by Crippen LogP contribution is -2.27. The second kappa shape index (κ2) is 10.1. The van der Waals surface area contributed by atoms with Crippen LogP contribution in [0.3, 0.4) is 0 Å². The predicted molar refractivity (Wildman–Crippen MR) is 103 cm³/mol. The van der Waals surface area contributed by atoms with Crippen LogP contribution in [0.15, 0.2) is 53.4 Å². The fraction of sp³-hybridized carbons (Fsp3) is 0.316. The topological polar surface area (TPSA) is 93.7 Å². The molecule has 2 N–H and O–H groups in total. The minimum atomic E-state index is -3.71. The van der Waals surface area contributed by atoms with Gasteiger partial charge < -0.3 is 14.8 Å². The van der Waals surface area contributed by atoms with Crippen LogP contribution in [0.4, 0.5) is 5.69 Å². The number of benzene rings is 2. The number of carbonyl (C=O) groups excluding carboxylic acids is 1. The molecule has 0 bridgehead atoms. The van der Waals surface area contributed by atoms with Crippen molar-refractivity contribution in [1.29, 1.82) is 0 Å². The number of hydrogen-bond donors (Lipinski definition) is 2. The van der Waals surface area contributed by atoms with Crippen LogP contribution in [0.5, 0.6) is 0 Å². The maximum Gasteiger partial charge on any atom is 0.261 e. The van der Waals surface area contributed by atoms with Crippen molar-refractivity contribution in [2.45, 2.75) is 11.8 Å². The SMILES string of the molecule is COCCOCCNC(=O)c1ccc(S(=O)(=O)Nc2ccc(C)cc2)cc1. The van der Waals surface area contributed by atoms with E-state index in [0.29, 0.717) is 37.6 Å². The molecule has 146 valence electrons. The number of methoxy groups -OCH3 is 1. The van der Waals surface area contributed by atoms with Gasteiger partial charge in [-0.2, -0.15) is 0 Å². The maximum atomic E-state index is 12.4. The molecule has 7 nitrogen and oxygen atoms in total. The monoisotopic (exact) mass is 392 g/mol. The van der Waals surface area contributed by atoms with Gasteiger partial charge in [0.2, 0.25) is 0 Å². The van der Waals surface area contributed by atoms with E-state index in [1.165, 1.54) is 24.3 Å². The number of nitrogens with one attached hydrogen (secondary N) is 2. The van der Waals surface area contributed by atoms with Gasteiger partial charge in [-0.05, 0) is 43.3 Å². The Morgan fingerprint density at radius 1 is 0.963 bits per heavy atom. The molecule has 2 rings (SSSR count). The van der Waals surface area contributed by atoms with Gasteiger partial charge in [-0.1, -0.05) is 17.7 Å². The molecule has 8 heteroatoms. The summed E-state index contributed by atoms with van der Waals surface area (Å²) in [5.74, 6) is -0.291. The van der Waals surface area contributed by atoms with E-state index >= 15 is 0 Å². The van der Waals surface area contributed by atoms with E-state index in [9.17, 15) is 13.2 Å². The maximum absolute atomic E-state index is 12.4. The van der Waals surface area contributed by atoms with Crippen molar-refractivity contribution in [1.82, 2.24) is 5.32 Å². The normalized spacial score (nSPS) is 11.2. The lowest BCUT2D eigenvalue weighted by Gasteiger charge is -2.09. The zero-order chi connectivity index (χ0) is 19.7. The van der Waals surface area contributed by atoms with Crippen molar-refractivity contribution in [3.8, 4) is 0 Å². The molecule has 1 amide bonds. The summed E-state index contributed by atoms with van der Waals surface area (Å²) in [6.07, 6.45) is 0. The van der Waals surface area contributed by atoms with Crippen LogP contribution in [0.25, 0.3) is 0 Å². The Morgan fingerprint density at radius 2 is 1.63 bits per heavy atom. The van der Waals surface area contributed by atoms with Crippen molar-refractivity contribution >= 4 is 21.6 Å². The molecule has 0 aliphatic rings. The summed E-state index contributed by atoms with van der Waals surface area (Å²) in [6.45, 7) is 3.63. The fourth-order valence-corrected chi connectivity index (χ4v) is 3.26. The lowest BCUT2D eigenvalue weighted by atomic mass is 10.2. The molecular formula is C19H24N2O5S. The minimum absolute atomic E-state index is 0.0857. The number of carbonyl (C=O) groups is 1. The van der Waals surface area contributed by atoms with Crippen molar-refractivity contribution in [3.05, 3.63) is 59.7 Å². The van der Waals surface area contributed by atoms with E-state index < -0.39 is 10.0 Å². The third-order valence-electron chi connectivity index (χ3n) is 3.69. The molecule has 2 aromatic carbocycles. The first-order chi connectivity index (χ1) is 12.9. The van der Waals surface area contributed by atoms with E-state index in [1.807, 2.05) is 19.1 Å². The largest absolute Gasteiger partial charge is 0.382 e. The van der Waals surface area contributed by atoms with Gasteiger partial charge >= 0.3 is 0 Å². The molecule has 2 aromatic rings.